The number of hydrogen-bond acceptors (Lipinski definition) is 2. The van der Waals surface area contributed by atoms with Gasteiger partial charge in [-0.05, 0) is 44.1 Å². The zero-order valence-electron chi connectivity index (χ0n) is 13.4. The van der Waals surface area contributed by atoms with Crippen LogP contribution in [0.15, 0.2) is 53.6 Å². The monoisotopic (exact) mass is 298 g/mol. The van der Waals surface area contributed by atoms with E-state index >= 15 is 0 Å². The Hall–Kier alpha value is -1.67. The van der Waals surface area contributed by atoms with E-state index < -0.39 is 0 Å². The molecule has 2 nitrogen and oxygen atoms in total. The molecule has 118 valence electrons. The normalized spacial score (nSPS) is 15.4. The summed E-state index contributed by atoms with van der Waals surface area (Å²) in [5.74, 6) is 0.355. The van der Waals surface area contributed by atoms with Crippen molar-refractivity contribution in [2.75, 3.05) is 6.61 Å². The lowest BCUT2D eigenvalue weighted by molar-refractivity contribution is -0.120. The van der Waals surface area contributed by atoms with Crippen LogP contribution in [0.5, 0.6) is 0 Å². The molecule has 0 fully saturated rings. The van der Waals surface area contributed by atoms with E-state index in [1.807, 2.05) is 18.2 Å². The molecule has 22 heavy (non-hydrogen) atoms. The first-order valence-electron chi connectivity index (χ1n) is 8.19. The fraction of sp³-hybridized carbons (Fsp3) is 0.450. The summed E-state index contributed by atoms with van der Waals surface area (Å²) in [6.45, 7) is 2.22. The number of rotatable bonds is 9. The first kappa shape index (κ1) is 16.7. The molecule has 0 saturated heterocycles. The van der Waals surface area contributed by atoms with E-state index in [4.69, 9.17) is 0 Å². The Balaban J connectivity index is 1.68. The van der Waals surface area contributed by atoms with Gasteiger partial charge in [0, 0.05) is 19.4 Å². The fourth-order valence-electron chi connectivity index (χ4n) is 3.01. The van der Waals surface area contributed by atoms with Crippen molar-refractivity contribution in [2.24, 2.45) is 5.92 Å². The average Bonchev–Trinajstić information content (AvgIpc) is 2.93. The summed E-state index contributed by atoms with van der Waals surface area (Å²) < 4.78 is 0. The first-order chi connectivity index (χ1) is 10.7. The summed E-state index contributed by atoms with van der Waals surface area (Å²) in [5.41, 5.74) is 3.99. The second-order valence-corrected chi connectivity index (χ2v) is 6.35. The van der Waals surface area contributed by atoms with Crippen LogP contribution in [0.2, 0.25) is 0 Å². The Morgan fingerprint density at radius 3 is 2.64 bits per heavy atom. The van der Waals surface area contributed by atoms with Gasteiger partial charge in [0.25, 0.3) is 0 Å². The highest BCUT2D eigenvalue weighted by Crippen LogP contribution is 2.26. The molecular weight excluding hydrogens is 272 g/mol. The van der Waals surface area contributed by atoms with Crippen LogP contribution in [-0.4, -0.2) is 17.5 Å². The molecule has 0 aliphatic heterocycles. The Morgan fingerprint density at radius 2 is 2.00 bits per heavy atom. The molecular formula is C20H26O2. The SMILES string of the molecule is CC1=CC=C(CC(CO)CC(=O)CCCc2ccccc2)C1. The van der Waals surface area contributed by atoms with Crippen LogP contribution in [0.1, 0.15) is 44.6 Å². The number of hydrogen-bond donors (Lipinski definition) is 1. The topological polar surface area (TPSA) is 37.3 Å². The summed E-state index contributed by atoms with van der Waals surface area (Å²) >= 11 is 0. The van der Waals surface area contributed by atoms with Gasteiger partial charge in [-0.2, -0.15) is 0 Å². The molecule has 1 aliphatic rings. The molecule has 0 amide bonds. The number of carbonyl (C=O) groups is 1. The zero-order valence-corrected chi connectivity index (χ0v) is 13.4. The lowest BCUT2D eigenvalue weighted by Crippen LogP contribution is -2.13. The van der Waals surface area contributed by atoms with Crippen molar-refractivity contribution in [1.82, 2.24) is 0 Å². The molecule has 0 saturated carbocycles. The zero-order chi connectivity index (χ0) is 15.8. The Morgan fingerprint density at radius 1 is 1.23 bits per heavy atom. The van der Waals surface area contributed by atoms with Gasteiger partial charge in [0.2, 0.25) is 0 Å². The van der Waals surface area contributed by atoms with Crippen LogP contribution in [0.3, 0.4) is 0 Å². The minimum atomic E-state index is 0.0785. The Labute approximate surface area is 133 Å². The van der Waals surface area contributed by atoms with Gasteiger partial charge >= 0.3 is 0 Å². The summed E-state index contributed by atoms with van der Waals surface area (Å²) in [7, 11) is 0. The quantitative estimate of drug-likeness (QED) is 0.740. The van der Waals surface area contributed by atoms with Gasteiger partial charge in [0.15, 0.2) is 0 Å². The number of aryl methyl sites for hydroxylation is 1. The van der Waals surface area contributed by atoms with E-state index in [-0.39, 0.29) is 18.3 Å². The number of carbonyl (C=O) groups excluding carboxylic acids is 1. The summed E-state index contributed by atoms with van der Waals surface area (Å²) in [4.78, 5) is 12.1. The van der Waals surface area contributed by atoms with Crippen LogP contribution >= 0.6 is 0 Å². The smallest absolute Gasteiger partial charge is 0.133 e. The van der Waals surface area contributed by atoms with Gasteiger partial charge < -0.3 is 5.11 Å². The van der Waals surface area contributed by atoms with E-state index in [9.17, 15) is 9.90 Å². The minimum absolute atomic E-state index is 0.0785. The number of aliphatic hydroxyl groups excluding tert-OH is 1. The largest absolute Gasteiger partial charge is 0.396 e. The molecule has 1 unspecified atom stereocenters. The number of ketones is 1. The second kappa shape index (κ2) is 8.70. The van der Waals surface area contributed by atoms with E-state index in [2.05, 4.69) is 31.2 Å². The Bertz CT molecular complexity index is 540. The third-order valence-electron chi connectivity index (χ3n) is 4.20. The highest BCUT2D eigenvalue weighted by Gasteiger charge is 2.16. The van der Waals surface area contributed by atoms with Crippen molar-refractivity contribution in [3.63, 3.8) is 0 Å². The van der Waals surface area contributed by atoms with Gasteiger partial charge in [-0.1, -0.05) is 53.6 Å². The van der Waals surface area contributed by atoms with Gasteiger partial charge in [0.1, 0.15) is 5.78 Å². The molecule has 0 aromatic heterocycles. The van der Waals surface area contributed by atoms with Crippen LogP contribution in [0, 0.1) is 5.92 Å². The summed E-state index contributed by atoms with van der Waals surface area (Å²) in [5, 5.41) is 9.51. The van der Waals surface area contributed by atoms with Gasteiger partial charge in [-0.15, -0.1) is 0 Å². The highest BCUT2D eigenvalue weighted by molar-refractivity contribution is 5.78. The highest BCUT2D eigenvalue weighted by atomic mass is 16.3. The van der Waals surface area contributed by atoms with E-state index in [1.54, 1.807) is 0 Å². The minimum Gasteiger partial charge on any atom is -0.396 e. The van der Waals surface area contributed by atoms with Crippen molar-refractivity contribution >= 4 is 5.78 Å². The van der Waals surface area contributed by atoms with Crippen LogP contribution in [-0.2, 0) is 11.2 Å². The van der Waals surface area contributed by atoms with Crippen molar-refractivity contribution in [1.29, 1.82) is 0 Å². The molecule has 1 aromatic rings. The van der Waals surface area contributed by atoms with E-state index in [0.717, 1.165) is 25.7 Å². The molecule has 1 atom stereocenters. The van der Waals surface area contributed by atoms with Crippen molar-refractivity contribution < 1.29 is 9.90 Å². The van der Waals surface area contributed by atoms with Gasteiger partial charge in [-0.25, -0.2) is 0 Å². The third-order valence-corrected chi connectivity index (χ3v) is 4.20. The average molecular weight is 298 g/mol. The maximum absolute atomic E-state index is 12.1. The predicted molar refractivity (Wildman–Crippen MR) is 90.7 cm³/mol. The summed E-state index contributed by atoms with van der Waals surface area (Å²) in [6.07, 6.45) is 9.06. The van der Waals surface area contributed by atoms with Crippen molar-refractivity contribution in [2.45, 2.75) is 45.4 Å². The molecule has 1 aliphatic carbocycles. The maximum Gasteiger partial charge on any atom is 0.133 e. The summed E-state index contributed by atoms with van der Waals surface area (Å²) in [6, 6.07) is 10.3. The molecule has 0 bridgehead atoms. The number of benzene rings is 1. The second-order valence-electron chi connectivity index (χ2n) is 6.35. The van der Waals surface area contributed by atoms with Crippen molar-refractivity contribution in [3.05, 3.63) is 59.2 Å². The van der Waals surface area contributed by atoms with Crippen LogP contribution < -0.4 is 0 Å². The van der Waals surface area contributed by atoms with Crippen LogP contribution in [0.4, 0.5) is 0 Å². The van der Waals surface area contributed by atoms with Crippen LogP contribution in [0.25, 0.3) is 0 Å². The molecule has 2 rings (SSSR count). The number of Topliss-reactive ketones (excluding diaryl/α,β-unsaturated/α-hetero) is 1. The van der Waals surface area contributed by atoms with Gasteiger partial charge in [0.05, 0.1) is 0 Å². The molecule has 2 heteroatoms. The predicted octanol–water partition coefficient (Wildman–Crippen LogP) is 4.24. The lowest BCUT2D eigenvalue weighted by atomic mass is 9.92. The molecule has 0 radical (unpaired) electrons. The molecule has 0 heterocycles. The standard InChI is InChI=1S/C20H26O2/c1-16-10-11-18(12-16)13-19(15-21)14-20(22)9-5-8-17-6-3-2-4-7-17/h2-4,6-7,10-11,19,21H,5,8-9,12-15H2,1H3. The number of allylic oxidation sites excluding steroid dienone is 4. The molecule has 1 aromatic carbocycles. The Kier molecular flexibility index (Phi) is 6.60. The lowest BCUT2D eigenvalue weighted by Gasteiger charge is -2.14. The van der Waals surface area contributed by atoms with E-state index in [0.29, 0.717) is 12.8 Å². The van der Waals surface area contributed by atoms with Crippen molar-refractivity contribution in [3.8, 4) is 0 Å². The fourth-order valence-corrected chi connectivity index (χ4v) is 3.01. The van der Waals surface area contributed by atoms with Gasteiger partial charge in [-0.3, -0.25) is 4.79 Å². The molecule has 1 N–H and O–H groups in total. The molecule has 0 spiro atoms. The number of aliphatic hydroxyl groups is 1. The third kappa shape index (κ3) is 5.61. The maximum atomic E-state index is 12.1. The first-order valence-corrected chi connectivity index (χ1v) is 8.19. The van der Waals surface area contributed by atoms with E-state index in [1.165, 1.54) is 16.7 Å².